The molecule has 0 aliphatic rings. The average Bonchev–Trinajstić information content (AvgIpc) is 2.87. The maximum Gasteiger partial charge on any atom is 0.333 e. The van der Waals surface area contributed by atoms with Gasteiger partial charge in [-0.1, -0.05) is 62.5 Å². The number of benzene rings is 3. The standard InChI is InChI=1S/C31H34O4/c1-4-5-6-7-25-8-10-26(11-9-25)12-13-27-14-15-29-23-30(17-16-28(29)22-27)34-20-18-33-19-21-35-31(32)24(2)3/h8-11,14-17,22-23H,2,4-7,18-21H2,1,3H3. The van der Waals surface area contributed by atoms with Gasteiger partial charge in [0.25, 0.3) is 0 Å². The molecule has 4 heteroatoms. The van der Waals surface area contributed by atoms with E-state index in [1.165, 1.54) is 24.8 Å². The Bertz CT molecular complexity index is 1180. The normalized spacial score (nSPS) is 10.5. The number of esters is 1. The number of aryl methyl sites for hydroxylation is 1. The largest absolute Gasteiger partial charge is 0.491 e. The minimum Gasteiger partial charge on any atom is -0.491 e. The zero-order valence-electron chi connectivity index (χ0n) is 20.8. The van der Waals surface area contributed by atoms with Crippen molar-refractivity contribution in [1.82, 2.24) is 0 Å². The Morgan fingerprint density at radius 3 is 2.29 bits per heavy atom. The van der Waals surface area contributed by atoms with Gasteiger partial charge in [-0.15, -0.1) is 0 Å². The van der Waals surface area contributed by atoms with E-state index < -0.39 is 5.97 Å². The lowest BCUT2D eigenvalue weighted by molar-refractivity contribution is -0.140. The molecule has 182 valence electrons. The highest BCUT2D eigenvalue weighted by Crippen LogP contribution is 2.22. The number of rotatable bonds is 12. The fourth-order valence-corrected chi connectivity index (χ4v) is 3.51. The summed E-state index contributed by atoms with van der Waals surface area (Å²) in [5.74, 6) is 6.93. The second kappa shape index (κ2) is 14.0. The van der Waals surface area contributed by atoms with Crippen molar-refractivity contribution in [2.75, 3.05) is 26.4 Å². The lowest BCUT2D eigenvalue weighted by Gasteiger charge is -2.09. The van der Waals surface area contributed by atoms with Crippen LogP contribution in [0.15, 0.2) is 72.8 Å². The van der Waals surface area contributed by atoms with Gasteiger partial charge in [0.1, 0.15) is 19.0 Å². The zero-order chi connectivity index (χ0) is 24.9. The molecule has 0 heterocycles. The Morgan fingerprint density at radius 2 is 1.51 bits per heavy atom. The summed E-state index contributed by atoms with van der Waals surface area (Å²) < 4.78 is 16.2. The molecule has 0 aliphatic carbocycles. The number of hydrogen-bond acceptors (Lipinski definition) is 4. The molecule has 0 N–H and O–H groups in total. The second-order valence-corrected chi connectivity index (χ2v) is 8.50. The molecule has 4 nitrogen and oxygen atoms in total. The molecule has 3 aromatic rings. The maximum atomic E-state index is 11.3. The van der Waals surface area contributed by atoms with Gasteiger partial charge < -0.3 is 14.2 Å². The number of fused-ring (bicyclic) bond motifs is 1. The average molecular weight is 471 g/mol. The van der Waals surface area contributed by atoms with Crippen LogP contribution in [0.25, 0.3) is 10.8 Å². The molecule has 0 fully saturated rings. The summed E-state index contributed by atoms with van der Waals surface area (Å²) >= 11 is 0. The number of carbonyl (C=O) groups is 1. The Morgan fingerprint density at radius 1 is 0.829 bits per heavy atom. The molecule has 3 aromatic carbocycles. The minimum atomic E-state index is -0.401. The van der Waals surface area contributed by atoms with Crippen molar-refractivity contribution in [3.8, 4) is 17.6 Å². The molecule has 0 aliphatic heterocycles. The highest BCUT2D eigenvalue weighted by molar-refractivity contribution is 5.87. The molecule has 0 saturated heterocycles. The molecule has 0 radical (unpaired) electrons. The summed E-state index contributed by atoms with van der Waals surface area (Å²) in [6.45, 7) is 8.74. The van der Waals surface area contributed by atoms with Crippen molar-refractivity contribution in [3.63, 3.8) is 0 Å². The summed E-state index contributed by atoms with van der Waals surface area (Å²) in [4.78, 5) is 11.3. The first-order chi connectivity index (χ1) is 17.0. The molecule has 0 unspecified atom stereocenters. The van der Waals surface area contributed by atoms with Gasteiger partial charge in [0, 0.05) is 16.7 Å². The highest BCUT2D eigenvalue weighted by atomic mass is 16.6. The van der Waals surface area contributed by atoms with E-state index in [0.29, 0.717) is 25.4 Å². The van der Waals surface area contributed by atoms with Gasteiger partial charge in [-0.05, 0) is 72.5 Å². The number of hydrogen-bond donors (Lipinski definition) is 0. The van der Waals surface area contributed by atoms with Crippen molar-refractivity contribution in [3.05, 3.63) is 89.5 Å². The maximum absolute atomic E-state index is 11.3. The number of ether oxygens (including phenoxy) is 3. The molecule has 0 spiro atoms. The van der Waals surface area contributed by atoms with Gasteiger partial charge >= 0.3 is 5.97 Å². The van der Waals surface area contributed by atoms with Crippen LogP contribution in [-0.4, -0.2) is 32.4 Å². The first kappa shape index (κ1) is 26.1. The smallest absolute Gasteiger partial charge is 0.333 e. The molecule has 0 saturated carbocycles. The molecule has 3 rings (SSSR count). The van der Waals surface area contributed by atoms with E-state index in [1.807, 2.05) is 24.3 Å². The van der Waals surface area contributed by atoms with Gasteiger partial charge in [-0.25, -0.2) is 4.79 Å². The first-order valence-corrected chi connectivity index (χ1v) is 12.2. The zero-order valence-corrected chi connectivity index (χ0v) is 20.8. The topological polar surface area (TPSA) is 44.8 Å². The van der Waals surface area contributed by atoms with Crippen LogP contribution >= 0.6 is 0 Å². The van der Waals surface area contributed by atoms with Crippen LogP contribution < -0.4 is 4.74 Å². The fourth-order valence-electron chi connectivity index (χ4n) is 3.51. The predicted molar refractivity (Wildman–Crippen MR) is 142 cm³/mol. The van der Waals surface area contributed by atoms with Crippen LogP contribution in [0, 0.1) is 11.8 Å². The van der Waals surface area contributed by atoms with Gasteiger partial charge in [0.05, 0.1) is 13.2 Å². The molecule has 35 heavy (non-hydrogen) atoms. The van der Waals surface area contributed by atoms with E-state index in [9.17, 15) is 4.79 Å². The van der Waals surface area contributed by atoms with Crippen LogP contribution in [-0.2, 0) is 20.7 Å². The van der Waals surface area contributed by atoms with Crippen molar-refractivity contribution in [1.29, 1.82) is 0 Å². The Hall–Kier alpha value is -3.55. The third-order valence-corrected chi connectivity index (χ3v) is 5.49. The molecular weight excluding hydrogens is 436 g/mol. The number of unbranched alkanes of at least 4 members (excludes halogenated alkanes) is 2. The molecule has 0 atom stereocenters. The Balaban J connectivity index is 1.47. The fraction of sp³-hybridized carbons (Fsp3) is 0.323. The van der Waals surface area contributed by atoms with Crippen LogP contribution in [0.2, 0.25) is 0 Å². The van der Waals surface area contributed by atoms with Crippen LogP contribution in [0.5, 0.6) is 5.75 Å². The van der Waals surface area contributed by atoms with Crippen molar-refractivity contribution in [2.45, 2.75) is 39.5 Å². The quantitative estimate of drug-likeness (QED) is 0.131. The summed E-state index contributed by atoms with van der Waals surface area (Å²) in [6, 6.07) is 20.8. The lowest BCUT2D eigenvalue weighted by atomic mass is 10.0. The van der Waals surface area contributed by atoms with E-state index in [0.717, 1.165) is 34.1 Å². The van der Waals surface area contributed by atoms with E-state index in [-0.39, 0.29) is 6.61 Å². The van der Waals surface area contributed by atoms with Gasteiger partial charge in [-0.2, -0.15) is 0 Å². The number of carbonyl (C=O) groups excluding carboxylic acids is 1. The summed E-state index contributed by atoms with van der Waals surface area (Å²) in [7, 11) is 0. The van der Waals surface area contributed by atoms with Gasteiger partial charge in [-0.3, -0.25) is 0 Å². The van der Waals surface area contributed by atoms with Crippen molar-refractivity contribution >= 4 is 16.7 Å². The molecular formula is C31H34O4. The van der Waals surface area contributed by atoms with E-state index >= 15 is 0 Å². The predicted octanol–water partition coefficient (Wildman–Crippen LogP) is 6.49. The second-order valence-electron chi connectivity index (χ2n) is 8.50. The highest BCUT2D eigenvalue weighted by Gasteiger charge is 2.03. The van der Waals surface area contributed by atoms with Crippen molar-refractivity contribution in [2.24, 2.45) is 0 Å². The minimum absolute atomic E-state index is 0.206. The van der Waals surface area contributed by atoms with Crippen LogP contribution in [0.4, 0.5) is 0 Å². The SMILES string of the molecule is C=C(C)C(=O)OCCOCCOc1ccc2cc(C#Cc3ccc(CCCCC)cc3)ccc2c1. The summed E-state index contributed by atoms with van der Waals surface area (Å²) in [5.41, 5.74) is 3.78. The third kappa shape index (κ3) is 8.96. The molecule has 0 bridgehead atoms. The van der Waals surface area contributed by atoms with Crippen LogP contribution in [0.3, 0.4) is 0 Å². The Kier molecular flexibility index (Phi) is 10.4. The van der Waals surface area contributed by atoms with E-state index in [1.54, 1.807) is 6.92 Å². The monoisotopic (exact) mass is 470 g/mol. The Labute approximate surface area is 208 Å². The summed E-state index contributed by atoms with van der Waals surface area (Å²) in [6.07, 6.45) is 4.91. The van der Waals surface area contributed by atoms with E-state index in [2.05, 4.69) is 61.7 Å². The first-order valence-electron chi connectivity index (χ1n) is 12.2. The third-order valence-electron chi connectivity index (χ3n) is 5.49. The molecule has 0 amide bonds. The van der Waals surface area contributed by atoms with E-state index in [4.69, 9.17) is 14.2 Å². The van der Waals surface area contributed by atoms with Crippen molar-refractivity contribution < 1.29 is 19.0 Å². The summed E-state index contributed by atoms with van der Waals surface area (Å²) in [5, 5.41) is 2.21. The lowest BCUT2D eigenvalue weighted by Crippen LogP contribution is -2.13. The molecule has 0 aromatic heterocycles. The van der Waals surface area contributed by atoms with Gasteiger partial charge in [0.15, 0.2) is 0 Å². The van der Waals surface area contributed by atoms with Crippen LogP contribution in [0.1, 0.15) is 49.8 Å². The van der Waals surface area contributed by atoms with Gasteiger partial charge in [0.2, 0.25) is 0 Å².